The van der Waals surface area contributed by atoms with Crippen molar-refractivity contribution in [2.24, 2.45) is 0 Å². The van der Waals surface area contributed by atoms with Gasteiger partial charge in [-0.2, -0.15) is 0 Å². The molecule has 0 fully saturated rings. The second-order valence-electron chi connectivity index (χ2n) is 1.47. The minimum atomic E-state index is -1.08. The van der Waals surface area contributed by atoms with Crippen LogP contribution in [0.1, 0.15) is 20.8 Å². The van der Waals surface area contributed by atoms with Crippen LogP contribution in [0.25, 0.3) is 0 Å². The van der Waals surface area contributed by atoms with Gasteiger partial charge in [0.15, 0.2) is 0 Å². The molecular weight excluding hydrogens is 271 g/mol. The summed E-state index contributed by atoms with van der Waals surface area (Å²) >= 11 is 0. The third kappa shape index (κ3) is 964. The molecule has 13 heavy (non-hydrogen) atoms. The Balaban J connectivity index is -0.0000000450. The van der Waals surface area contributed by atoms with Crippen LogP contribution in [-0.4, -0.2) is 17.9 Å². The molecule has 0 aromatic carbocycles. The van der Waals surface area contributed by atoms with Gasteiger partial charge in [-0.25, -0.2) is 0 Å². The van der Waals surface area contributed by atoms with Crippen molar-refractivity contribution in [3.05, 3.63) is 0 Å². The van der Waals surface area contributed by atoms with E-state index in [4.69, 9.17) is 29.7 Å². The number of hydrogen-bond donors (Lipinski definition) is 0. The maximum atomic E-state index is 8.89. The maximum absolute atomic E-state index is 8.89. The van der Waals surface area contributed by atoms with Gasteiger partial charge in [-0.1, -0.05) is 0 Å². The Morgan fingerprint density at radius 2 is 0.692 bits per heavy atom. The molecule has 0 rings (SSSR count). The molecule has 78 valence electrons. The molecule has 0 aromatic rings. The average molecular weight is 280 g/mol. The number of aliphatic carboxylic acids is 3. The van der Waals surface area contributed by atoms with Gasteiger partial charge < -0.3 is 29.7 Å². The van der Waals surface area contributed by atoms with Crippen molar-refractivity contribution < 1.29 is 49.2 Å². The van der Waals surface area contributed by atoms with E-state index in [1.54, 1.807) is 0 Å². The summed E-state index contributed by atoms with van der Waals surface area (Å²) in [6, 6.07) is 0. The van der Waals surface area contributed by atoms with E-state index in [1.807, 2.05) is 0 Å². The quantitative estimate of drug-likeness (QED) is 0.420. The van der Waals surface area contributed by atoms with Crippen LogP contribution < -0.4 is 15.3 Å². The van der Waals surface area contributed by atoms with Crippen LogP contribution in [0.3, 0.4) is 0 Å². The standard InChI is InChI=1S/3C2H4O2.Rh/c3*1-2(3)4;/h3*1H3,(H,3,4);/q;;;+3/p-3. The minimum absolute atomic E-state index is 0. The Labute approximate surface area is 88.3 Å². The molecule has 0 N–H and O–H groups in total. The van der Waals surface area contributed by atoms with E-state index in [2.05, 4.69) is 0 Å². The van der Waals surface area contributed by atoms with E-state index in [0.717, 1.165) is 20.8 Å². The van der Waals surface area contributed by atoms with Crippen molar-refractivity contribution >= 4 is 17.9 Å². The Morgan fingerprint density at radius 1 is 0.692 bits per heavy atom. The van der Waals surface area contributed by atoms with E-state index >= 15 is 0 Å². The van der Waals surface area contributed by atoms with Gasteiger partial charge in [0.2, 0.25) is 0 Å². The zero-order chi connectivity index (χ0) is 10.7. The number of hydrogen-bond acceptors (Lipinski definition) is 6. The summed E-state index contributed by atoms with van der Waals surface area (Å²) < 4.78 is 0. The normalized spacial score (nSPS) is 5.77. The smallest absolute Gasteiger partial charge is 0.550 e. The number of carbonyl (C=O) groups excluding carboxylic acids is 3. The van der Waals surface area contributed by atoms with Gasteiger partial charge in [-0.15, -0.1) is 0 Å². The van der Waals surface area contributed by atoms with Gasteiger partial charge in [0, 0.05) is 17.9 Å². The van der Waals surface area contributed by atoms with Crippen LogP contribution in [0.15, 0.2) is 0 Å². The van der Waals surface area contributed by atoms with Crippen LogP contribution in [0, 0.1) is 0 Å². The predicted molar refractivity (Wildman–Crippen MR) is 32.0 cm³/mol. The zero-order valence-electron chi connectivity index (χ0n) is 7.28. The van der Waals surface area contributed by atoms with Crippen LogP contribution in [0.4, 0.5) is 0 Å². The SMILES string of the molecule is CC(=O)[O-].CC(=O)[O-].CC(=O)[O-].[Rh+3]. The Morgan fingerprint density at radius 3 is 0.692 bits per heavy atom. The van der Waals surface area contributed by atoms with Crippen molar-refractivity contribution in [2.75, 3.05) is 0 Å². The molecule has 0 aliphatic carbocycles. The first-order valence-corrected chi connectivity index (χ1v) is 2.72. The van der Waals surface area contributed by atoms with Crippen LogP contribution in [0.2, 0.25) is 0 Å². The number of carbonyl (C=O) groups is 3. The molecule has 7 heteroatoms. The summed E-state index contributed by atoms with van der Waals surface area (Å²) in [6.07, 6.45) is 0. The molecule has 0 spiro atoms. The molecule has 0 unspecified atom stereocenters. The van der Waals surface area contributed by atoms with E-state index in [1.165, 1.54) is 0 Å². The topological polar surface area (TPSA) is 120 Å². The second kappa shape index (κ2) is 17.2. The second-order valence-corrected chi connectivity index (χ2v) is 1.47. The fourth-order valence-corrected chi connectivity index (χ4v) is 0. The third-order valence-corrected chi connectivity index (χ3v) is 0. The van der Waals surface area contributed by atoms with E-state index in [9.17, 15) is 0 Å². The molecule has 6 nitrogen and oxygen atoms in total. The monoisotopic (exact) mass is 280 g/mol. The van der Waals surface area contributed by atoms with E-state index in [-0.39, 0.29) is 19.5 Å². The summed E-state index contributed by atoms with van der Waals surface area (Å²) in [6.45, 7) is 2.92. The van der Waals surface area contributed by atoms with Crippen molar-refractivity contribution in [3.8, 4) is 0 Å². The fourth-order valence-electron chi connectivity index (χ4n) is 0. The van der Waals surface area contributed by atoms with Crippen LogP contribution in [-0.2, 0) is 33.9 Å². The summed E-state index contributed by atoms with van der Waals surface area (Å²) in [5.41, 5.74) is 0. The molecule has 0 radical (unpaired) electrons. The van der Waals surface area contributed by atoms with Gasteiger partial charge in [0.25, 0.3) is 0 Å². The third-order valence-electron chi connectivity index (χ3n) is 0. The maximum Gasteiger partial charge on any atom is 3.00 e. The van der Waals surface area contributed by atoms with Crippen molar-refractivity contribution in [2.45, 2.75) is 20.8 Å². The van der Waals surface area contributed by atoms with Gasteiger partial charge in [0.05, 0.1) is 0 Å². The molecular formula is C6H9O6Rh. The van der Waals surface area contributed by atoms with Crippen molar-refractivity contribution in [1.82, 2.24) is 0 Å². The Kier molecular flexibility index (Phi) is 30.1. The molecule has 0 bridgehead atoms. The van der Waals surface area contributed by atoms with Crippen LogP contribution >= 0.6 is 0 Å². The van der Waals surface area contributed by atoms with E-state index < -0.39 is 17.9 Å². The summed E-state index contributed by atoms with van der Waals surface area (Å²) in [7, 11) is 0. The molecule has 0 heterocycles. The minimum Gasteiger partial charge on any atom is -0.550 e. The fraction of sp³-hybridized carbons (Fsp3) is 0.500. The van der Waals surface area contributed by atoms with Gasteiger partial charge in [-0.3, -0.25) is 0 Å². The molecule has 0 amide bonds. The van der Waals surface area contributed by atoms with E-state index in [0.29, 0.717) is 0 Å². The number of rotatable bonds is 0. The zero-order valence-corrected chi connectivity index (χ0v) is 8.92. The van der Waals surface area contributed by atoms with Gasteiger partial charge >= 0.3 is 19.5 Å². The molecule has 0 saturated carbocycles. The summed E-state index contributed by atoms with van der Waals surface area (Å²) in [4.78, 5) is 26.7. The number of carboxylic acids is 3. The molecule has 0 aliphatic heterocycles. The largest absolute Gasteiger partial charge is 3.00 e. The summed E-state index contributed by atoms with van der Waals surface area (Å²) in [5, 5.41) is 26.7. The first-order valence-electron chi connectivity index (χ1n) is 2.72. The molecule has 0 aliphatic rings. The Hall–Kier alpha value is -0.967. The molecule has 0 aromatic heterocycles. The van der Waals surface area contributed by atoms with Gasteiger partial charge in [-0.05, 0) is 20.8 Å². The average Bonchev–Trinajstić information content (AvgIpc) is 1.54. The Bertz CT molecular complexity index is 115. The van der Waals surface area contributed by atoms with Crippen molar-refractivity contribution in [3.63, 3.8) is 0 Å². The summed E-state index contributed by atoms with van der Waals surface area (Å²) in [5.74, 6) is -3.25. The van der Waals surface area contributed by atoms with Gasteiger partial charge in [0.1, 0.15) is 0 Å². The first-order chi connectivity index (χ1) is 5.20. The molecule has 0 saturated heterocycles. The number of carboxylic acid groups (broad SMARTS) is 3. The molecule has 0 atom stereocenters. The van der Waals surface area contributed by atoms with Crippen molar-refractivity contribution in [1.29, 1.82) is 0 Å². The van der Waals surface area contributed by atoms with Crippen LogP contribution in [0.5, 0.6) is 0 Å². The first kappa shape index (κ1) is 22.7. The predicted octanol–water partition coefficient (Wildman–Crippen LogP) is -3.73.